The normalized spacial score (nSPS) is 17.5. The fraction of sp³-hybridized carbons (Fsp3) is 0.348. The van der Waals surface area contributed by atoms with Gasteiger partial charge < -0.3 is 10.6 Å². The number of aromatic nitrogens is 5. The Hall–Kier alpha value is -3.19. The molecule has 30 heavy (non-hydrogen) atoms. The van der Waals surface area contributed by atoms with Crippen molar-refractivity contribution in [3.05, 3.63) is 55.1 Å². The summed E-state index contributed by atoms with van der Waals surface area (Å²) in [7, 11) is 0. The molecule has 1 aliphatic carbocycles. The Balaban J connectivity index is 1.32. The Morgan fingerprint density at radius 2 is 1.83 bits per heavy atom. The summed E-state index contributed by atoms with van der Waals surface area (Å²) in [6.07, 6.45) is 12.9. The zero-order valence-corrected chi connectivity index (χ0v) is 16.8. The molecular formula is C23H25N7. The molecule has 7 nitrogen and oxygen atoms in total. The largest absolute Gasteiger partial charge is 0.367 e. The predicted molar refractivity (Wildman–Crippen MR) is 117 cm³/mol. The molecule has 0 atom stereocenters. The molecule has 152 valence electrons. The molecule has 2 N–H and O–H groups in total. The fourth-order valence-electron chi connectivity index (χ4n) is 4.20. The van der Waals surface area contributed by atoms with E-state index in [9.17, 15) is 0 Å². The monoisotopic (exact) mass is 399 g/mol. The second-order valence-electron chi connectivity index (χ2n) is 8.31. The van der Waals surface area contributed by atoms with E-state index in [-0.39, 0.29) is 0 Å². The van der Waals surface area contributed by atoms with Gasteiger partial charge in [-0.3, -0.25) is 9.08 Å². The summed E-state index contributed by atoms with van der Waals surface area (Å²) in [4.78, 5) is 9.48. The maximum atomic E-state index is 4.89. The van der Waals surface area contributed by atoms with Crippen molar-refractivity contribution in [2.24, 2.45) is 0 Å². The number of imidazole rings is 1. The van der Waals surface area contributed by atoms with Gasteiger partial charge in [-0.05, 0) is 63.0 Å². The third kappa shape index (κ3) is 3.35. The van der Waals surface area contributed by atoms with Crippen molar-refractivity contribution in [2.75, 3.05) is 18.4 Å². The van der Waals surface area contributed by atoms with Crippen molar-refractivity contribution in [1.29, 1.82) is 0 Å². The topological polar surface area (TPSA) is 72.1 Å². The summed E-state index contributed by atoms with van der Waals surface area (Å²) >= 11 is 0. The average Bonchev–Trinajstić information content (AvgIpc) is 3.36. The second kappa shape index (κ2) is 7.25. The van der Waals surface area contributed by atoms with Gasteiger partial charge in [0.1, 0.15) is 11.5 Å². The van der Waals surface area contributed by atoms with Gasteiger partial charge in [0.05, 0.1) is 29.8 Å². The number of nitrogens with zero attached hydrogens (tertiary/aromatic N) is 5. The van der Waals surface area contributed by atoms with E-state index in [1.807, 2.05) is 18.5 Å². The molecule has 4 aromatic rings. The molecule has 1 saturated heterocycles. The minimum Gasteiger partial charge on any atom is -0.367 e. The van der Waals surface area contributed by atoms with E-state index in [0.717, 1.165) is 59.9 Å². The molecule has 7 heteroatoms. The van der Waals surface area contributed by atoms with E-state index >= 15 is 0 Å². The van der Waals surface area contributed by atoms with Gasteiger partial charge in [-0.2, -0.15) is 5.10 Å². The van der Waals surface area contributed by atoms with Crippen LogP contribution in [0.25, 0.3) is 28.2 Å². The molecule has 2 aliphatic rings. The number of rotatable bonds is 5. The zero-order valence-electron chi connectivity index (χ0n) is 16.8. The highest BCUT2D eigenvalue weighted by Crippen LogP contribution is 2.35. The number of anilines is 1. The quantitative estimate of drug-likeness (QED) is 0.535. The molecule has 2 fully saturated rings. The molecule has 1 aliphatic heterocycles. The second-order valence-corrected chi connectivity index (χ2v) is 8.31. The maximum Gasteiger partial charge on any atom is 0.137 e. The first-order valence-electron chi connectivity index (χ1n) is 10.8. The van der Waals surface area contributed by atoms with Crippen LogP contribution < -0.4 is 10.6 Å². The number of fused-ring (bicyclic) bond motifs is 1. The third-order valence-electron chi connectivity index (χ3n) is 6.06. The van der Waals surface area contributed by atoms with Crippen LogP contribution in [0.2, 0.25) is 0 Å². The van der Waals surface area contributed by atoms with Crippen molar-refractivity contribution in [2.45, 2.75) is 37.8 Å². The summed E-state index contributed by atoms with van der Waals surface area (Å²) in [5.41, 5.74) is 5.11. The molecule has 0 unspecified atom stereocenters. The van der Waals surface area contributed by atoms with E-state index in [1.165, 1.54) is 12.8 Å². The highest BCUT2D eigenvalue weighted by Gasteiger charge is 2.24. The zero-order chi connectivity index (χ0) is 19.9. The van der Waals surface area contributed by atoms with Crippen LogP contribution in [0.5, 0.6) is 0 Å². The van der Waals surface area contributed by atoms with Gasteiger partial charge in [-0.1, -0.05) is 6.07 Å². The Morgan fingerprint density at radius 1 is 0.933 bits per heavy atom. The van der Waals surface area contributed by atoms with Crippen LogP contribution >= 0.6 is 0 Å². The third-order valence-corrected chi connectivity index (χ3v) is 6.06. The average molecular weight is 400 g/mol. The lowest BCUT2D eigenvalue weighted by atomic mass is 10.1. The molecule has 0 aromatic carbocycles. The van der Waals surface area contributed by atoms with E-state index < -0.39 is 0 Å². The van der Waals surface area contributed by atoms with Crippen LogP contribution in [-0.4, -0.2) is 43.3 Å². The standard InChI is InChI=1S/C23H25N7/c1-2-20(28-22(3-1)27-18-8-10-24-11-9-18)21-13-25-23-7-4-16(14-29(21)23)17-12-26-30(15-17)19-5-6-19/h1-4,7,12-15,18-19,24H,5-6,8-11H2,(H,27,28). The van der Waals surface area contributed by atoms with Gasteiger partial charge in [0.2, 0.25) is 0 Å². The van der Waals surface area contributed by atoms with Crippen LogP contribution in [0.3, 0.4) is 0 Å². The van der Waals surface area contributed by atoms with E-state index in [0.29, 0.717) is 12.1 Å². The van der Waals surface area contributed by atoms with Crippen LogP contribution in [0.15, 0.2) is 55.1 Å². The summed E-state index contributed by atoms with van der Waals surface area (Å²) in [5, 5.41) is 11.5. The van der Waals surface area contributed by atoms with Crippen LogP contribution in [0.4, 0.5) is 5.82 Å². The van der Waals surface area contributed by atoms with E-state index in [1.54, 1.807) is 0 Å². The molecule has 0 amide bonds. The smallest absolute Gasteiger partial charge is 0.137 e. The Kier molecular flexibility index (Phi) is 4.27. The summed E-state index contributed by atoms with van der Waals surface area (Å²) in [5.74, 6) is 0.927. The summed E-state index contributed by atoms with van der Waals surface area (Å²) < 4.78 is 4.21. The molecule has 0 bridgehead atoms. The van der Waals surface area contributed by atoms with Crippen molar-refractivity contribution in [1.82, 2.24) is 29.5 Å². The first-order valence-corrected chi connectivity index (χ1v) is 10.8. The Labute approximate surface area is 175 Å². The van der Waals surface area contributed by atoms with Crippen molar-refractivity contribution in [3.63, 3.8) is 0 Å². The summed E-state index contributed by atoms with van der Waals surface area (Å²) in [6.45, 7) is 2.12. The van der Waals surface area contributed by atoms with Crippen molar-refractivity contribution < 1.29 is 0 Å². The minimum atomic E-state index is 0.478. The van der Waals surface area contributed by atoms with Crippen LogP contribution in [0.1, 0.15) is 31.7 Å². The lowest BCUT2D eigenvalue weighted by molar-refractivity contribution is 0.478. The lowest BCUT2D eigenvalue weighted by Gasteiger charge is -2.24. The number of nitrogens with one attached hydrogen (secondary N) is 2. The SMILES string of the molecule is c1cc(NC2CCNCC2)nc(-c2cnc3ccc(-c4cnn(C5CC5)c4)cn23)c1. The van der Waals surface area contributed by atoms with Crippen molar-refractivity contribution >= 4 is 11.5 Å². The molecule has 1 saturated carbocycles. The first kappa shape index (κ1) is 17.7. The first-order chi connectivity index (χ1) is 14.8. The molecular weight excluding hydrogens is 374 g/mol. The minimum absolute atomic E-state index is 0.478. The Morgan fingerprint density at radius 3 is 2.70 bits per heavy atom. The van der Waals surface area contributed by atoms with E-state index in [4.69, 9.17) is 4.98 Å². The van der Waals surface area contributed by atoms with Gasteiger partial charge in [0.25, 0.3) is 0 Å². The van der Waals surface area contributed by atoms with Crippen LogP contribution in [-0.2, 0) is 0 Å². The van der Waals surface area contributed by atoms with Crippen LogP contribution in [0, 0.1) is 0 Å². The molecule has 0 spiro atoms. The summed E-state index contributed by atoms with van der Waals surface area (Å²) in [6, 6.07) is 11.4. The Bertz CT molecular complexity index is 1180. The maximum absolute atomic E-state index is 4.89. The highest BCUT2D eigenvalue weighted by molar-refractivity contribution is 5.67. The van der Waals surface area contributed by atoms with Gasteiger partial charge >= 0.3 is 0 Å². The van der Waals surface area contributed by atoms with Crippen molar-refractivity contribution in [3.8, 4) is 22.5 Å². The number of hydrogen-bond acceptors (Lipinski definition) is 5. The number of pyridine rings is 2. The molecule has 0 radical (unpaired) electrons. The molecule has 4 aromatic heterocycles. The van der Waals surface area contributed by atoms with Gasteiger partial charge in [0, 0.05) is 29.6 Å². The predicted octanol–water partition coefficient (Wildman–Crippen LogP) is 3.76. The fourth-order valence-corrected chi connectivity index (χ4v) is 4.20. The van der Waals surface area contributed by atoms with Gasteiger partial charge in [-0.25, -0.2) is 9.97 Å². The van der Waals surface area contributed by atoms with E-state index in [2.05, 4.69) is 66.5 Å². The number of hydrogen-bond donors (Lipinski definition) is 2. The van der Waals surface area contributed by atoms with Gasteiger partial charge in [0.15, 0.2) is 0 Å². The molecule has 5 heterocycles. The van der Waals surface area contributed by atoms with Gasteiger partial charge in [-0.15, -0.1) is 0 Å². The highest BCUT2D eigenvalue weighted by atomic mass is 15.3. The lowest BCUT2D eigenvalue weighted by Crippen LogP contribution is -2.35. The molecule has 6 rings (SSSR count). The number of piperidine rings is 1.